The van der Waals surface area contributed by atoms with Crippen LogP contribution in [0.2, 0.25) is 0 Å². The van der Waals surface area contributed by atoms with Crippen LogP contribution in [0.1, 0.15) is 73.5 Å². The Morgan fingerprint density at radius 3 is 2.38 bits per heavy atom. The summed E-state index contributed by atoms with van der Waals surface area (Å²) in [4.78, 5) is 14.1. The van der Waals surface area contributed by atoms with Gasteiger partial charge in [0.2, 0.25) is 10.7 Å². The molecule has 4 aromatic rings. The topological polar surface area (TPSA) is 58.6 Å². The number of carbonyl (C=O) groups excluding carboxylic acids is 1. The maximum atomic E-state index is 13.9. The first kappa shape index (κ1) is 25.5. The maximum absolute atomic E-state index is 13.9. The first-order chi connectivity index (χ1) is 18.2. The molecule has 37 heavy (non-hydrogen) atoms. The van der Waals surface area contributed by atoms with E-state index in [1.807, 2.05) is 60.7 Å². The Labute approximate surface area is 222 Å². The summed E-state index contributed by atoms with van der Waals surface area (Å²) in [6.45, 7) is 2.82. The van der Waals surface area contributed by atoms with E-state index in [0.717, 1.165) is 60.1 Å². The fourth-order valence-electron chi connectivity index (χ4n) is 5.10. The van der Waals surface area contributed by atoms with Gasteiger partial charge in [-0.15, -0.1) is 0 Å². The summed E-state index contributed by atoms with van der Waals surface area (Å²) in [6.07, 6.45) is 9.21. The van der Waals surface area contributed by atoms with Crippen molar-refractivity contribution in [3.8, 4) is 22.6 Å². The minimum Gasteiger partial charge on any atom is -0.590 e. The van der Waals surface area contributed by atoms with Crippen molar-refractivity contribution in [3.05, 3.63) is 83.2 Å². The number of benzene rings is 3. The minimum atomic E-state index is -1.61. The summed E-state index contributed by atoms with van der Waals surface area (Å²) >= 11 is 0. The zero-order valence-corrected chi connectivity index (χ0v) is 22.2. The third-order valence-electron chi connectivity index (χ3n) is 7.09. The lowest BCUT2D eigenvalue weighted by atomic mass is 9.97. The van der Waals surface area contributed by atoms with E-state index in [0.29, 0.717) is 21.7 Å². The second-order valence-corrected chi connectivity index (χ2v) is 11.2. The van der Waals surface area contributed by atoms with Crippen molar-refractivity contribution in [2.45, 2.75) is 64.4 Å². The summed E-state index contributed by atoms with van der Waals surface area (Å²) in [7, 11) is -1.61. The van der Waals surface area contributed by atoms with Gasteiger partial charge in [-0.25, -0.2) is 0 Å². The van der Waals surface area contributed by atoms with Crippen LogP contribution in [0.5, 0.6) is 11.5 Å². The summed E-state index contributed by atoms with van der Waals surface area (Å²) < 4.78 is 26.6. The number of carbonyl (C=O) groups is 1. The van der Waals surface area contributed by atoms with Gasteiger partial charge in [-0.05, 0) is 84.8 Å². The number of hydrogen-bond acceptors (Lipinski definition) is 4. The number of fused-ring (bicyclic) bond motifs is 1. The summed E-state index contributed by atoms with van der Waals surface area (Å²) in [5, 5.41) is 0.833. The van der Waals surface area contributed by atoms with Gasteiger partial charge in [-0.3, -0.25) is 4.79 Å². The average Bonchev–Trinajstić information content (AvgIpc) is 3.23. The molecule has 1 saturated carbocycles. The van der Waals surface area contributed by atoms with Gasteiger partial charge in [0.25, 0.3) is 0 Å². The minimum absolute atomic E-state index is 0.201. The highest BCUT2D eigenvalue weighted by molar-refractivity contribution is 7.33. The third-order valence-corrected chi connectivity index (χ3v) is 8.59. The standard InChI is InChI=1S/C32H34O4S/c1-2-3-10-21-35-25-17-15-24(16-18-25)31(33)32-30(23-11-6-4-7-12-23)28-20-19-27(22-29(28)37(32)34)36-26-13-8-5-9-14-26/h4,6-7,11-12,15-20,22,26H,2-3,5,8-10,13-14,21H2,1H3. The molecule has 1 fully saturated rings. The predicted octanol–water partition coefficient (Wildman–Crippen LogP) is 8.75. The second-order valence-electron chi connectivity index (χ2n) is 9.78. The molecule has 5 rings (SSSR count). The molecule has 1 atom stereocenters. The van der Waals surface area contributed by atoms with Gasteiger partial charge in [0.1, 0.15) is 11.5 Å². The molecule has 3 aromatic carbocycles. The van der Waals surface area contributed by atoms with Crippen molar-refractivity contribution in [1.29, 1.82) is 0 Å². The number of ether oxygens (including phenoxy) is 2. The molecule has 192 valence electrons. The SMILES string of the molecule is CCCCCOc1ccc(C(=O)c2c(-c3ccccc3)c3ccc(OC4CCCCC4)cc3[s+]2[O-])cc1. The number of hydrogen-bond donors (Lipinski definition) is 0. The molecule has 1 aliphatic carbocycles. The van der Waals surface area contributed by atoms with Crippen LogP contribution < -0.4 is 9.47 Å². The van der Waals surface area contributed by atoms with Gasteiger partial charge in [0.05, 0.1) is 18.3 Å². The van der Waals surface area contributed by atoms with E-state index < -0.39 is 10.8 Å². The maximum Gasteiger partial charge on any atom is 0.245 e. The molecular weight excluding hydrogens is 480 g/mol. The van der Waals surface area contributed by atoms with Crippen molar-refractivity contribution in [2.75, 3.05) is 6.61 Å². The molecule has 0 spiro atoms. The van der Waals surface area contributed by atoms with Crippen molar-refractivity contribution in [3.63, 3.8) is 0 Å². The van der Waals surface area contributed by atoms with Gasteiger partial charge in [0.15, 0.2) is 4.70 Å². The van der Waals surface area contributed by atoms with Gasteiger partial charge in [-0.2, -0.15) is 0 Å². The lowest BCUT2D eigenvalue weighted by molar-refractivity contribution is 0.104. The van der Waals surface area contributed by atoms with Gasteiger partial charge >= 0.3 is 0 Å². The van der Waals surface area contributed by atoms with Crippen molar-refractivity contribution < 1.29 is 18.8 Å². The number of thiophene rings is 1. The van der Waals surface area contributed by atoms with E-state index in [1.54, 1.807) is 12.1 Å². The summed E-state index contributed by atoms with van der Waals surface area (Å²) in [5.41, 5.74) is 2.13. The van der Waals surface area contributed by atoms with Crippen molar-refractivity contribution in [1.82, 2.24) is 0 Å². The van der Waals surface area contributed by atoms with E-state index in [4.69, 9.17) is 9.47 Å². The molecular formula is C32H34O4S. The lowest BCUT2D eigenvalue weighted by Gasteiger charge is -2.22. The fourth-order valence-corrected chi connectivity index (χ4v) is 6.61. The Hall–Kier alpha value is -3.15. The zero-order valence-electron chi connectivity index (χ0n) is 21.4. The first-order valence-corrected chi connectivity index (χ1v) is 14.6. The van der Waals surface area contributed by atoms with Crippen LogP contribution in [-0.4, -0.2) is 23.0 Å². The van der Waals surface area contributed by atoms with Crippen LogP contribution in [0.15, 0.2) is 72.8 Å². The Balaban J connectivity index is 1.50. The third kappa shape index (κ3) is 5.73. The molecule has 0 saturated heterocycles. The molecule has 5 heteroatoms. The van der Waals surface area contributed by atoms with Crippen LogP contribution in [0.3, 0.4) is 0 Å². The van der Waals surface area contributed by atoms with Crippen LogP contribution in [-0.2, 0) is 0 Å². The normalized spacial score (nSPS) is 14.6. The molecule has 0 aliphatic heterocycles. The van der Waals surface area contributed by atoms with Gasteiger partial charge < -0.3 is 14.0 Å². The second kappa shape index (κ2) is 11.9. The largest absolute Gasteiger partial charge is 0.590 e. The Morgan fingerprint density at radius 2 is 1.65 bits per heavy atom. The molecule has 0 N–H and O–H groups in total. The van der Waals surface area contributed by atoms with Crippen LogP contribution in [0.25, 0.3) is 21.2 Å². The number of unbranched alkanes of at least 4 members (excludes halogenated alkanes) is 2. The highest BCUT2D eigenvalue weighted by Crippen LogP contribution is 2.46. The fraction of sp³-hybridized carbons (Fsp3) is 0.344. The quantitative estimate of drug-likeness (QED) is 0.121. The highest BCUT2D eigenvalue weighted by Gasteiger charge is 2.30. The molecule has 0 amide bonds. The smallest absolute Gasteiger partial charge is 0.245 e. The van der Waals surface area contributed by atoms with Crippen molar-refractivity contribution >= 4 is 26.6 Å². The monoisotopic (exact) mass is 514 g/mol. The molecule has 1 aliphatic rings. The summed E-state index contributed by atoms with van der Waals surface area (Å²) in [5.74, 6) is 1.25. The molecule has 1 heterocycles. The van der Waals surface area contributed by atoms with Crippen LogP contribution in [0.4, 0.5) is 0 Å². The molecule has 1 unspecified atom stereocenters. The van der Waals surface area contributed by atoms with E-state index in [9.17, 15) is 9.35 Å². The van der Waals surface area contributed by atoms with Crippen LogP contribution in [0, 0.1) is 0 Å². The number of ketones is 1. The molecule has 0 radical (unpaired) electrons. The van der Waals surface area contributed by atoms with E-state index >= 15 is 0 Å². The van der Waals surface area contributed by atoms with Gasteiger partial charge in [0, 0.05) is 17.0 Å². The molecule has 4 nitrogen and oxygen atoms in total. The predicted molar refractivity (Wildman–Crippen MR) is 150 cm³/mol. The van der Waals surface area contributed by atoms with E-state index in [-0.39, 0.29) is 11.9 Å². The average molecular weight is 515 g/mol. The lowest BCUT2D eigenvalue weighted by Crippen LogP contribution is -2.19. The Kier molecular flexibility index (Phi) is 8.22. The highest BCUT2D eigenvalue weighted by atomic mass is 32.2. The van der Waals surface area contributed by atoms with Crippen LogP contribution >= 0.6 is 10.8 Å². The Bertz CT molecular complexity index is 1330. The number of rotatable bonds is 10. The van der Waals surface area contributed by atoms with E-state index in [2.05, 4.69) is 6.92 Å². The zero-order chi connectivity index (χ0) is 25.6. The van der Waals surface area contributed by atoms with Crippen molar-refractivity contribution in [2.24, 2.45) is 0 Å². The molecule has 1 aromatic heterocycles. The Morgan fingerprint density at radius 1 is 0.919 bits per heavy atom. The van der Waals surface area contributed by atoms with E-state index in [1.165, 1.54) is 19.3 Å². The van der Waals surface area contributed by atoms with Gasteiger partial charge in [-0.1, -0.05) is 56.5 Å². The first-order valence-electron chi connectivity index (χ1n) is 13.5. The summed E-state index contributed by atoms with van der Waals surface area (Å²) in [6, 6.07) is 22.7. The molecule has 0 bridgehead atoms.